The average molecular weight is 245 g/mol. The number of pyridine rings is 1. The van der Waals surface area contributed by atoms with Gasteiger partial charge < -0.3 is 9.80 Å². The van der Waals surface area contributed by atoms with Gasteiger partial charge in [0.1, 0.15) is 5.82 Å². The molecule has 4 heteroatoms. The third-order valence-corrected chi connectivity index (χ3v) is 4.17. The fourth-order valence-corrected chi connectivity index (χ4v) is 3.19. The number of anilines is 1. The van der Waals surface area contributed by atoms with Crippen LogP contribution >= 0.6 is 0 Å². The monoisotopic (exact) mass is 245 g/mol. The topological polar surface area (TPSA) is 36.4 Å². The maximum Gasteiger partial charge on any atom is 0.219 e. The first-order valence-electron chi connectivity index (χ1n) is 6.60. The van der Waals surface area contributed by atoms with E-state index in [0.717, 1.165) is 31.9 Å². The lowest BCUT2D eigenvalue weighted by atomic mass is 10.1. The fourth-order valence-electron chi connectivity index (χ4n) is 3.19. The van der Waals surface area contributed by atoms with Crippen LogP contribution in [0.1, 0.15) is 18.9 Å². The minimum absolute atomic E-state index is 0.209. The molecular formula is C14H19N3O. The molecule has 1 aromatic rings. The van der Waals surface area contributed by atoms with Gasteiger partial charge in [-0.1, -0.05) is 6.07 Å². The number of fused-ring (bicyclic) bond motifs is 1. The van der Waals surface area contributed by atoms with Gasteiger partial charge in [0.05, 0.1) is 6.04 Å². The van der Waals surface area contributed by atoms with E-state index < -0.39 is 0 Å². The molecule has 2 unspecified atom stereocenters. The second-order valence-corrected chi connectivity index (χ2v) is 5.43. The van der Waals surface area contributed by atoms with E-state index in [9.17, 15) is 4.79 Å². The SMILES string of the molecule is CC(=O)N1CCC2CN(c3ccc(C)cn3)CC21. The molecule has 0 radical (unpaired) electrons. The van der Waals surface area contributed by atoms with Crippen molar-refractivity contribution >= 4 is 11.7 Å². The standard InChI is InChI=1S/C14H19N3O/c1-10-3-4-14(15-7-10)16-8-12-5-6-17(11(2)18)13(12)9-16/h3-4,7,12-13H,5-6,8-9H2,1-2H3. The Bertz CT molecular complexity index is 457. The summed E-state index contributed by atoms with van der Waals surface area (Å²) in [5.41, 5.74) is 1.18. The first kappa shape index (κ1) is 11.5. The van der Waals surface area contributed by atoms with Crippen LogP contribution in [0.15, 0.2) is 18.3 Å². The van der Waals surface area contributed by atoms with Crippen molar-refractivity contribution in [2.75, 3.05) is 24.5 Å². The zero-order valence-corrected chi connectivity index (χ0v) is 11.0. The predicted molar refractivity (Wildman–Crippen MR) is 70.5 cm³/mol. The molecule has 4 nitrogen and oxygen atoms in total. The summed E-state index contributed by atoms with van der Waals surface area (Å²) < 4.78 is 0. The predicted octanol–water partition coefficient (Wildman–Crippen LogP) is 1.45. The lowest BCUT2D eigenvalue weighted by molar-refractivity contribution is -0.129. The highest BCUT2D eigenvalue weighted by Gasteiger charge is 2.42. The molecule has 0 saturated carbocycles. The number of aryl methyl sites for hydroxylation is 1. The van der Waals surface area contributed by atoms with Crippen molar-refractivity contribution in [2.45, 2.75) is 26.3 Å². The first-order chi connectivity index (χ1) is 8.65. The van der Waals surface area contributed by atoms with Gasteiger partial charge >= 0.3 is 0 Å². The molecule has 1 amide bonds. The Labute approximate surface area is 108 Å². The van der Waals surface area contributed by atoms with Crippen LogP contribution in [0.25, 0.3) is 0 Å². The van der Waals surface area contributed by atoms with E-state index in [2.05, 4.69) is 22.0 Å². The largest absolute Gasteiger partial charge is 0.354 e. The van der Waals surface area contributed by atoms with Crippen molar-refractivity contribution in [1.82, 2.24) is 9.88 Å². The van der Waals surface area contributed by atoms with Gasteiger partial charge in [0, 0.05) is 38.7 Å². The van der Waals surface area contributed by atoms with Crippen LogP contribution in [-0.4, -0.2) is 41.5 Å². The summed E-state index contributed by atoms with van der Waals surface area (Å²) in [7, 11) is 0. The van der Waals surface area contributed by atoms with E-state index in [1.807, 2.05) is 18.0 Å². The molecular weight excluding hydrogens is 226 g/mol. The Kier molecular flexibility index (Phi) is 2.73. The van der Waals surface area contributed by atoms with Gasteiger partial charge in [-0.3, -0.25) is 4.79 Å². The van der Waals surface area contributed by atoms with Crippen molar-refractivity contribution in [3.05, 3.63) is 23.9 Å². The van der Waals surface area contributed by atoms with E-state index >= 15 is 0 Å². The summed E-state index contributed by atoms with van der Waals surface area (Å²) in [5, 5.41) is 0. The summed E-state index contributed by atoms with van der Waals surface area (Å²) >= 11 is 0. The first-order valence-corrected chi connectivity index (χ1v) is 6.60. The fraction of sp³-hybridized carbons (Fsp3) is 0.571. The van der Waals surface area contributed by atoms with Crippen LogP contribution < -0.4 is 4.90 Å². The molecule has 2 fully saturated rings. The van der Waals surface area contributed by atoms with Gasteiger partial charge in [-0.2, -0.15) is 0 Å². The molecule has 0 aromatic carbocycles. The maximum atomic E-state index is 11.6. The number of likely N-dealkylation sites (tertiary alicyclic amines) is 1. The third kappa shape index (κ3) is 1.85. The number of hydrogen-bond donors (Lipinski definition) is 0. The highest BCUT2D eigenvalue weighted by molar-refractivity contribution is 5.74. The van der Waals surface area contributed by atoms with Crippen molar-refractivity contribution < 1.29 is 4.79 Å². The third-order valence-electron chi connectivity index (χ3n) is 4.17. The molecule has 0 aliphatic carbocycles. The lowest BCUT2D eigenvalue weighted by Gasteiger charge is -2.24. The van der Waals surface area contributed by atoms with Gasteiger partial charge in [0.2, 0.25) is 5.91 Å². The van der Waals surface area contributed by atoms with Crippen molar-refractivity contribution in [3.63, 3.8) is 0 Å². The zero-order valence-electron chi connectivity index (χ0n) is 11.0. The summed E-state index contributed by atoms with van der Waals surface area (Å²) in [6, 6.07) is 4.57. The molecule has 3 heterocycles. The van der Waals surface area contributed by atoms with Gasteiger partial charge in [-0.05, 0) is 25.0 Å². The summed E-state index contributed by atoms with van der Waals surface area (Å²) in [4.78, 5) is 20.4. The van der Waals surface area contributed by atoms with Crippen LogP contribution in [0.3, 0.4) is 0 Å². The molecule has 0 bridgehead atoms. The lowest BCUT2D eigenvalue weighted by Crippen LogP contribution is -2.38. The Balaban J connectivity index is 1.76. The number of aromatic nitrogens is 1. The van der Waals surface area contributed by atoms with Gasteiger partial charge in [0.15, 0.2) is 0 Å². The molecule has 2 aliphatic rings. The van der Waals surface area contributed by atoms with Gasteiger partial charge in [0.25, 0.3) is 0 Å². The Morgan fingerprint density at radius 2 is 2.22 bits per heavy atom. The van der Waals surface area contributed by atoms with E-state index in [0.29, 0.717) is 12.0 Å². The quantitative estimate of drug-likeness (QED) is 0.751. The summed E-state index contributed by atoms with van der Waals surface area (Å²) in [6.45, 7) is 6.62. The van der Waals surface area contributed by atoms with Crippen molar-refractivity contribution in [3.8, 4) is 0 Å². The van der Waals surface area contributed by atoms with Gasteiger partial charge in [-0.15, -0.1) is 0 Å². The van der Waals surface area contributed by atoms with Crippen LogP contribution in [-0.2, 0) is 4.79 Å². The second-order valence-electron chi connectivity index (χ2n) is 5.43. The Hall–Kier alpha value is -1.58. The number of hydrogen-bond acceptors (Lipinski definition) is 3. The Morgan fingerprint density at radius 1 is 1.39 bits per heavy atom. The minimum Gasteiger partial charge on any atom is -0.354 e. The highest BCUT2D eigenvalue weighted by atomic mass is 16.2. The molecule has 2 aliphatic heterocycles. The zero-order chi connectivity index (χ0) is 12.7. The van der Waals surface area contributed by atoms with Crippen molar-refractivity contribution in [2.24, 2.45) is 5.92 Å². The molecule has 1 aromatic heterocycles. The molecule has 0 spiro atoms. The second kappa shape index (κ2) is 4.26. The minimum atomic E-state index is 0.209. The molecule has 2 saturated heterocycles. The average Bonchev–Trinajstić information content (AvgIpc) is 2.88. The molecule has 96 valence electrons. The van der Waals surface area contributed by atoms with Crippen LogP contribution in [0.2, 0.25) is 0 Å². The molecule has 3 rings (SSSR count). The number of nitrogens with zero attached hydrogens (tertiary/aromatic N) is 3. The smallest absolute Gasteiger partial charge is 0.219 e. The summed E-state index contributed by atoms with van der Waals surface area (Å²) in [5.74, 6) is 1.87. The number of carbonyl (C=O) groups excluding carboxylic acids is 1. The normalized spacial score (nSPS) is 26.6. The molecule has 2 atom stereocenters. The van der Waals surface area contributed by atoms with E-state index in [4.69, 9.17) is 0 Å². The van der Waals surface area contributed by atoms with Crippen LogP contribution in [0.5, 0.6) is 0 Å². The van der Waals surface area contributed by atoms with Crippen LogP contribution in [0.4, 0.5) is 5.82 Å². The Morgan fingerprint density at radius 3 is 2.89 bits per heavy atom. The van der Waals surface area contributed by atoms with E-state index in [-0.39, 0.29) is 5.91 Å². The van der Waals surface area contributed by atoms with Crippen LogP contribution in [0, 0.1) is 12.8 Å². The van der Waals surface area contributed by atoms with Crippen molar-refractivity contribution in [1.29, 1.82) is 0 Å². The number of carbonyl (C=O) groups is 1. The number of rotatable bonds is 1. The summed E-state index contributed by atoms with van der Waals surface area (Å²) in [6.07, 6.45) is 3.04. The molecule has 0 N–H and O–H groups in total. The number of amides is 1. The highest BCUT2D eigenvalue weighted by Crippen LogP contribution is 2.33. The molecule has 18 heavy (non-hydrogen) atoms. The van der Waals surface area contributed by atoms with E-state index in [1.165, 1.54) is 5.56 Å². The van der Waals surface area contributed by atoms with E-state index in [1.54, 1.807) is 6.92 Å². The maximum absolute atomic E-state index is 11.6. The van der Waals surface area contributed by atoms with Gasteiger partial charge in [-0.25, -0.2) is 4.98 Å².